The van der Waals surface area contributed by atoms with Crippen molar-refractivity contribution in [1.82, 2.24) is 15.2 Å². The summed E-state index contributed by atoms with van der Waals surface area (Å²) in [6, 6.07) is 11.8. The van der Waals surface area contributed by atoms with Gasteiger partial charge in [-0.2, -0.15) is 0 Å². The number of rotatable bonds is 5. The average molecular weight is 337 g/mol. The van der Waals surface area contributed by atoms with Gasteiger partial charge in [0, 0.05) is 18.7 Å². The van der Waals surface area contributed by atoms with Crippen LogP contribution in [0.4, 0.5) is 4.39 Å². The zero-order valence-electron chi connectivity index (χ0n) is 13.6. The molecule has 0 spiro atoms. The molecule has 2 heterocycles. The molecule has 2 aromatic heterocycles. The summed E-state index contributed by atoms with van der Waals surface area (Å²) in [6.45, 7) is 1.80. The fourth-order valence-corrected chi connectivity index (χ4v) is 2.13. The SMILES string of the molecule is Cc1nnc(C(C=C(N)c2ccccn2)=NCc2ccccc2F)o1. The van der Waals surface area contributed by atoms with Gasteiger partial charge in [0.1, 0.15) is 11.5 Å². The van der Waals surface area contributed by atoms with Crippen LogP contribution in [0, 0.1) is 12.7 Å². The van der Waals surface area contributed by atoms with Crippen LogP contribution in [0.5, 0.6) is 0 Å². The molecule has 0 amide bonds. The molecule has 0 aliphatic heterocycles. The van der Waals surface area contributed by atoms with Crippen LogP contribution in [0.15, 0.2) is 64.1 Å². The number of allylic oxidation sites excluding steroid dienone is 1. The first-order valence-electron chi connectivity index (χ1n) is 7.60. The number of halogens is 1. The number of hydrogen-bond donors (Lipinski definition) is 1. The predicted molar refractivity (Wildman–Crippen MR) is 92.1 cm³/mol. The van der Waals surface area contributed by atoms with Crippen molar-refractivity contribution in [3.05, 3.63) is 83.6 Å². The van der Waals surface area contributed by atoms with Gasteiger partial charge in [0.2, 0.25) is 5.89 Å². The number of aromatic nitrogens is 3. The van der Waals surface area contributed by atoms with Crippen LogP contribution in [0.2, 0.25) is 0 Å². The Morgan fingerprint density at radius 3 is 2.68 bits per heavy atom. The van der Waals surface area contributed by atoms with Gasteiger partial charge in [0.15, 0.2) is 0 Å². The van der Waals surface area contributed by atoms with Crippen molar-refractivity contribution >= 4 is 11.4 Å². The Morgan fingerprint density at radius 1 is 1.20 bits per heavy atom. The number of pyridine rings is 1. The largest absolute Gasteiger partial charge is 0.420 e. The number of aryl methyl sites for hydroxylation is 1. The van der Waals surface area contributed by atoms with E-state index in [4.69, 9.17) is 10.2 Å². The monoisotopic (exact) mass is 337 g/mol. The Bertz CT molecular complexity index is 918. The highest BCUT2D eigenvalue weighted by Gasteiger charge is 2.11. The molecule has 0 atom stereocenters. The second kappa shape index (κ2) is 7.48. The normalized spacial score (nSPS) is 12.4. The second-order valence-electron chi connectivity index (χ2n) is 5.23. The molecular formula is C18H16FN5O. The first-order valence-corrected chi connectivity index (χ1v) is 7.60. The highest BCUT2D eigenvalue weighted by Crippen LogP contribution is 2.12. The standard InChI is InChI=1S/C18H16FN5O/c1-12-23-24-18(25-12)17(10-15(20)16-8-4-5-9-21-16)22-11-13-6-2-3-7-14(13)19/h2-10H,11,20H2,1H3. The highest BCUT2D eigenvalue weighted by atomic mass is 19.1. The van der Waals surface area contributed by atoms with E-state index in [0.717, 1.165) is 0 Å². The minimum absolute atomic E-state index is 0.120. The summed E-state index contributed by atoms with van der Waals surface area (Å²) in [5, 5.41) is 7.77. The lowest BCUT2D eigenvalue weighted by molar-refractivity contribution is 0.510. The number of hydrogen-bond acceptors (Lipinski definition) is 6. The molecule has 2 N–H and O–H groups in total. The summed E-state index contributed by atoms with van der Waals surface area (Å²) in [7, 11) is 0. The van der Waals surface area contributed by atoms with Gasteiger partial charge < -0.3 is 10.2 Å². The summed E-state index contributed by atoms with van der Waals surface area (Å²) in [5.74, 6) is 0.292. The van der Waals surface area contributed by atoms with E-state index in [1.165, 1.54) is 6.07 Å². The first-order chi connectivity index (χ1) is 12.1. The van der Waals surface area contributed by atoms with E-state index in [1.54, 1.807) is 49.5 Å². The molecule has 0 radical (unpaired) electrons. The summed E-state index contributed by atoms with van der Waals surface area (Å²) in [4.78, 5) is 8.59. The Morgan fingerprint density at radius 2 is 2.00 bits per heavy atom. The molecule has 3 rings (SSSR count). The number of nitrogens with zero attached hydrogens (tertiary/aromatic N) is 4. The van der Waals surface area contributed by atoms with Crippen molar-refractivity contribution in [3.8, 4) is 0 Å². The van der Waals surface area contributed by atoms with E-state index in [2.05, 4.69) is 20.2 Å². The Hall–Kier alpha value is -3.35. The van der Waals surface area contributed by atoms with Crippen molar-refractivity contribution in [2.45, 2.75) is 13.5 Å². The zero-order valence-corrected chi connectivity index (χ0v) is 13.6. The fourth-order valence-electron chi connectivity index (χ4n) is 2.13. The van der Waals surface area contributed by atoms with Crippen molar-refractivity contribution in [2.24, 2.45) is 10.7 Å². The van der Waals surface area contributed by atoms with Crippen molar-refractivity contribution in [1.29, 1.82) is 0 Å². The van der Waals surface area contributed by atoms with E-state index in [9.17, 15) is 4.39 Å². The first kappa shape index (κ1) is 16.5. The molecule has 7 heteroatoms. The molecule has 1 aromatic carbocycles. The molecular weight excluding hydrogens is 321 g/mol. The molecule has 0 aliphatic carbocycles. The molecule has 6 nitrogen and oxygen atoms in total. The number of nitrogens with two attached hydrogens (primary N) is 1. The van der Waals surface area contributed by atoms with E-state index in [1.807, 2.05) is 6.07 Å². The second-order valence-corrected chi connectivity index (χ2v) is 5.23. The lowest BCUT2D eigenvalue weighted by Crippen LogP contribution is -2.06. The van der Waals surface area contributed by atoms with Crippen LogP contribution in [-0.4, -0.2) is 20.9 Å². The van der Waals surface area contributed by atoms with Gasteiger partial charge in [-0.05, 0) is 24.3 Å². The summed E-state index contributed by atoms with van der Waals surface area (Å²) in [6.07, 6.45) is 3.24. The smallest absolute Gasteiger partial charge is 0.265 e. The molecule has 0 unspecified atom stereocenters. The van der Waals surface area contributed by atoms with Crippen molar-refractivity contribution < 1.29 is 8.81 Å². The van der Waals surface area contributed by atoms with Gasteiger partial charge >= 0.3 is 0 Å². The van der Waals surface area contributed by atoms with Crippen molar-refractivity contribution in [2.75, 3.05) is 0 Å². The molecule has 0 saturated carbocycles. The van der Waals surface area contributed by atoms with Crippen molar-refractivity contribution in [3.63, 3.8) is 0 Å². The molecule has 0 aliphatic rings. The fraction of sp³-hybridized carbons (Fsp3) is 0.111. The third kappa shape index (κ3) is 4.14. The molecule has 0 fully saturated rings. The van der Waals surface area contributed by atoms with E-state index in [0.29, 0.717) is 28.6 Å². The van der Waals surface area contributed by atoms with E-state index >= 15 is 0 Å². The van der Waals surface area contributed by atoms with Crippen LogP contribution in [-0.2, 0) is 6.54 Å². The molecule has 0 bridgehead atoms. The quantitative estimate of drug-likeness (QED) is 0.723. The summed E-state index contributed by atoms with van der Waals surface area (Å²) in [5.41, 5.74) is 7.91. The predicted octanol–water partition coefficient (Wildman–Crippen LogP) is 2.90. The lowest BCUT2D eigenvalue weighted by Gasteiger charge is -2.03. The van der Waals surface area contributed by atoms with Crippen LogP contribution in [0.3, 0.4) is 0 Å². The molecule has 3 aromatic rings. The Labute approximate surface area is 144 Å². The Balaban J connectivity index is 1.96. The molecule has 126 valence electrons. The number of aliphatic imine (C=N–C) groups is 1. The molecule has 25 heavy (non-hydrogen) atoms. The topological polar surface area (TPSA) is 90.2 Å². The van der Waals surface area contributed by atoms with Gasteiger partial charge in [0.25, 0.3) is 5.89 Å². The van der Waals surface area contributed by atoms with Crippen LogP contribution < -0.4 is 5.73 Å². The summed E-state index contributed by atoms with van der Waals surface area (Å²) >= 11 is 0. The average Bonchev–Trinajstić information content (AvgIpc) is 3.06. The highest BCUT2D eigenvalue weighted by molar-refractivity contribution is 6.09. The number of benzene rings is 1. The van der Waals surface area contributed by atoms with Gasteiger partial charge in [-0.1, -0.05) is 24.3 Å². The molecule has 0 saturated heterocycles. The van der Waals surface area contributed by atoms with E-state index in [-0.39, 0.29) is 18.3 Å². The summed E-state index contributed by atoms with van der Waals surface area (Å²) < 4.78 is 19.2. The van der Waals surface area contributed by atoms with Gasteiger partial charge in [0.05, 0.1) is 17.9 Å². The maximum absolute atomic E-state index is 13.8. The minimum Gasteiger partial charge on any atom is -0.420 e. The van der Waals surface area contributed by atoms with Crippen LogP contribution in [0.25, 0.3) is 5.70 Å². The maximum Gasteiger partial charge on any atom is 0.265 e. The maximum atomic E-state index is 13.8. The van der Waals surface area contributed by atoms with Gasteiger partial charge in [-0.3, -0.25) is 9.98 Å². The zero-order chi connectivity index (χ0) is 17.6. The van der Waals surface area contributed by atoms with Crippen LogP contribution in [0.1, 0.15) is 23.0 Å². The lowest BCUT2D eigenvalue weighted by atomic mass is 10.2. The Kier molecular flexibility index (Phi) is 4.94. The van der Waals surface area contributed by atoms with Gasteiger partial charge in [-0.15, -0.1) is 10.2 Å². The third-order valence-electron chi connectivity index (χ3n) is 3.38. The minimum atomic E-state index is -0.325. The van der Waals surface area contributed by atoms with Crippen LogP contribution >= 0.6 is 0 Å². The van der Waals surface area contributed by atoms with Gasteiger partial charge in [-0.25, -0.2) is 4.39 Å². The van der Waals surface area contributed by atoms with E-state index < -0.39 is 0 Å². The third-order valence-corrected chi connectivity index (χ3v) is 3.38.